The molecule has 7 heteroatoms. The molecule has 1 aromatic heterocycles. The summed E-state index contributed by atoms with van der Waals surface area (Å²) >= 11 is 5.71. The first kappa shape index (κ1) is 15.9. The molecule has 0 bridgehead atoms. The van der Waals surface area contributed by atoms with Crippen LogP contribution >= 0.6 is 11.6 Å². The normalized spacial score (nSPS) is 25.4. The number of anilines is 1. The van der Waals surface area contributed by atoms with Crippen molar-refractivity contribution < 1.29 is 13.9 Å². The van der Waals surface area contributed by atoms with E-state index in [0.29, 0.717) is 12.8 Å². The average Bonchev–Trinajstić information content (AvgIpc) is 2.50. The summed E-state index contributed by atoms with van der Waals surface area (Å²) in [5.74, 6) is -0.814. The molecule has 0 aromatic carbocycles. The number of esters is 1. The molecule has 1 aromatic rings. The molecule has 1 saturated carbocycles. The van der Waals surface area contributed by atoms with Gasteiger partial charge in [0.05, 0.1) is 18.7 Å². The van der Waals surface area contributed by atoms with Crippen molar-refractivity contribution in [3.63, 3.8) is 0 Å². The summed E-state index contributed by atoms with van der Waals surface area (Å²) in [6.07, 6.45) is 5.04. The molecule has 1 N–H and O–H groups in total. The summed E-state index contributed by atoms with van der Waals surface area (Å²) in [6.45, 7) is 1.94. The van der Waals surface area contributed by atoms with Gasteiger partial charge in [0.25, 0.3) is 0 Å². The summed E-state index contributed by atoms with van der Waals surface area (Å²) in [6, 6.07) is -0.232. The van der Waals surface area contributed by atoms with Crippen LogP contribution < -0.4 is 5.32 Å². The lowest BCUT2D eigenvalue weighted by molar-refractivity contribution is -0.155. The van der Waals surface area contributed by atoms with Crippen LogP contribution in [-0.4, -0.2) is 29.1 Å². The van der Waals surface area contributed by atoms with E-state index in [1.807, 2.05) is 6.92 Å². The second kappa shape index (κ2) is 6.56. The number of carbonyl (C=O) groups excluding carboxylic acids is 1. The quantitative estimate of drug-likeness (QED) is 0.683. The highest BCUT2D eigenvalue weighted by Crippen LogP contribution is 2.42. The number of rotatable bonds is 4. The molecule has 1 fully saturated rings. The van der Waals surface area contributed by atoms with Gasteiger partial charge in [-0.05, 0) is 30.9 Å². The van der Waals surface area contributed by atoms with Gasteiger partial charge in [0.2, 0.25) is 5.28 Å². The zero-order valence-corrected chi connectivity index (χ0v) is 12.9. The van der Waals surface area contributed by atoms with E-state index in [1.54, 1.807) is 0 Å². The highest BCUT2D eigenvalue weighted by atomic mass is 35.5. The summed E-state index contributed by atoms with van der Waals surface area (Å²) in [5, 5.41) is 3.00. The van der Waals surface area contributed by atoms with Crippen LogP contribution in [0.3, 0.4) is 0 Å². The maximum atomic E-state index is 13.8. The van der Waals surface area contributed by atoms with Crippen LogP contribution in [0.25, 0.3) is 0 Å². The van der Waals surface area contributed by atoms with E-state index in [1.165, 1.54) is 7.11 Å². The van der Waals surface area contributed by atoms with Crippen molar-refractivity contribution in [1.82, 2.24) is 9.97 Å². The van der Waals surface area contributed by atoms with Crippen molar-refractivity contribution in [3.8, 4) is 0 Å². The van der Waals surface area contributed by atoms with Crippen molar-refractivity contribution >= 4 is 23.4 Å². The highest BCUT2D eigenvalue weighted by molar-refractivity contribution is 6.28. The molecule has 0 spiro atoms. The predicted molar refractivity (Wildman–Crippen MR) is 77.6 cm³/mol. The Morgan fingerprint density at radius 3 is 3.05 bits per heavy atom. The maximum absolute atomic E-state index is 13.8. The number of hydrogen-bond donors (Lipinski definition) is 1. The second-order valence-electron chi connectivity index (χ2n) is 5.28. The topological polar surface area (TPSA) is 64.1 Å². The number of carbonyl (C=O) groups is 1. The molecule has 0 unspecified atom stereocenters. The van der Waals surface area contributed by atoms with Crippen molar-refractivity contribution in [2.45, 2.75) is 45.1 Å². The monoisotopic (exact) mass is 315 g/mol. The van der Waals surface area contributed by atoms with Gasteiger partial charge in [-0.1, -0.05) is 19.8 Å². The summed E-state index contributed by atoms with van der Waals surface area (Å²) < 4.78 is 18.8. The largest absolute Gasteiger partial charge is 0.469 e. The molecule has 0 radical (unpaired) electrons. The van der Waals surface area contributed by atoms with Crippen molar-refractivity contribution in [1.29, 1.82) is 0 Å². The second-order valence-corrected chi connectivity index (χ2v) is 5.62. The fraction of sp³-hybridized carbons (Fsp3) is 0.643. The van der Waals surface area contributed by atoms with Gasteiger partial charge < -0.3 is 10.1 Å². The summed E-state index contributed by atoms with van der Waals surface area (Å²) in [4.78, 5) is 19.7. The first-order chi connectivity index (χ1) is 10.0. The number of nitrogens with zero attached hydrogens (tertiary/aromatic N) is 2. The lowest BCUT2D eigenvalue weighted by atomic mass is 9.68. The molecule has 116 valence electrons. The fourth-order valence-corrected chi connectivity index (χ4v) is 3.21. The molecule has 1 aliphatic rings. The van der Waals surface area contributed by atoms with Crippen LogP contribution in [0.15, 0.2) is 6.20 Å². The number of methoxy groups -OCH3 is 1. The Kier molecular flexibility index (Phi) is 4.98. The number of ether oxygens (including phenoxy) is 1. The van der Waals surface area contributed by atoms with Gasteiger partial charge in [0, 0.05) is 6.04 Å². The SMILES string of the molecule is CC[C@]1(C(=O)OC)CCCC[C@@H]1Nc1nc(Cl)ncc1F. The third-order valence-corrected chi connectivity index (χ3v) is 4.46. The van der Waals surface area contributed by atoms with E-state index in [2.05, 4.69) is 15.3 Å². The Labute approximate surface area is 128 Å². The third kappa shape index (κ3) is 3.10. The first-order valence-electron chi connectivity index (χ1n) is 7.06. The van der Waals surface area contributed by atoms with Crippen LogP contribution in [0.5, 0.6) is 0 Å². The predicted octanol–water partition coefficient (Wildman–Crippen LogP) is 3.19. The Morgan fingerprint density at radius 2 is 2.38 bits per heavy atom. The van der Waals surface area contributed by atoms with E-state index in [-0.39, 0.29) is 23.1 Å². The fourth-order valence-electron chi connectivity index (χ4n) is 3.08. The minimum Gasteiger partial charge on any atom is -0.469 e. The van der Waals surface area contributed by atoms with Gasteiger partial charge in [0.15, 0.2) is 11.6 Å². The molecule has 1 heterocycles. The van der Waals surface area contributed by atoms with Crippen LogP contribution in [0, 0.1) is 11.2 Å². The van der Waals surface area contributed by atoms with Gasteiger partial charge in [0.1, 0.15) is 0 Å². The molecule has 21 heavy (non-hydrogen) atoms. The van der Waals surface area contributed by atoms with Gasteiger partial charge >= 0.3 is 5.97 Å². The van der Waals surface area contributed by atoms with Gasteiger partial charge in [-0.2, -0.15) is 4.98 Å². The number of nitrogens with one attached hydrogen (secondary N) is 1. The molecule has 0 amide bonds. The molecule has 0 saturated heterocycles. The molecule has 2 rings (SSSR count). The van der Waals surface area contributed by atoms with Crippen LogP contribution in [0.1, 0.15) is 39.0 Å². The molecule has 1 aliphatic carbocycles. The van der Waals surface area contributed by atoms with Crippen LogP contribution in [0.2, 0.25) is 5.28 Å². The standard InChI is InChI=1S/C14H19ClFN3O2/c1-3-14(12(20)21-2)7-5-4-6-10(14)18-11-9(16)8-17-13(15)19-11/h8,10H,3-7H2,1-2H3,(H,17,18,19)/t10-,14-/m0/s1. The maximum Gasteiger partial charge on any atom is 0.313 e. The Hall–Kier alpha value is -1.43. The zero-order chi connectivity index (χ0) is 15.5. The van der Waals surface area contributed by atoms with Crippen LogP contribution in [-0.2, 0) is 9.53 Å². The summed E-state index contributed by atoms with van der Waals surface area (Å²) in [5.41, 5.74) is -0.656. The number of aromatic nitrogens is 2. The highest BCUT2D eigenvalue weighted by Gasteiger charge is 2.47. The van der Waals surface area contributed by atoms with E-state index in [4.69, 9.17) is 16.3 Å². The lowest BCUT2D eigenvalue weighted by Gasteiger charge is -2.41. The number of halogens is 2. The molecular weight excluding hydrogens is 297 g/mol. The van der Waals surface area contributed by atoms with Crippen LogP contribution in [0.4, 0.5) is 10.2 Å². The van der Waals surface area contributed by atoms with Gasteiger partial charge in [-0.25, -0.2) is 9.37 Å². The van der Waals surface area contributed by atoms with Crippen molar-refractivity contribution in [2.75, 3.05) is 12.4 Å². The smallest absolute Gasteiger partial charge is 0.313 e. The molecule has 0 aliphatic heterocycles. The van der Waals surface area contributed by atoms with E-state index in [0.717, 1.165) is 25.5 Å². The number of hydrogen-bond acceptors (Lipinski definition) is 5. The van der Waals surface area contributed by atoms with E-state index < -0.39 is 11.2 Å². The molecule has 5 nitrogen and oxygen atoms in total. The molecular formula is C14H19ClFN3O2. The minimum atomic E-state index is -0.656. The Balaban J connectivity index is 2.30. The van der Waals surface area contributed by atoms with E-state index in [9.17, 15) is 9.18 Å². The Morgan fingerprint density at radius 1 is 1.62 bits per heavy atom. The third-order valence-electron chi connectivity index (χ3n) is 4.28. The van der Waals surface area contributed by atoms with Gasteiger partial charge in [-0.3, -0.25) is 4.79 Å². The van der Waals surface area contributed by atoms with Crippen molar-refractivity contribution in [3.05, 3.63) is 17.3 Å². The Bertz CT molecular complexity index is 529. The first-order valence-corrected chi connectivity index (χ1v) is 7.44. The van der Waals surface area contributed by atoms with E-state index >= 15 is 0 Å². The van der Waals surface area contributed by atoms with Crippen molar-refractivity contribution in [2.24, 2.45) is 5.41 Å². The minimum absolute atomic E-state index is 0.0311. The average molecular weight is 316 g/mol. The lowest BCUT2D eigenvalue weighted by Crippen LogP contribution is -2.49. The molecule has 2 atom stereocenters. The van der Waals surface area contributed by atoms with Gasteiger partial charge in [-0.15, -0.1) is 0 Å². The zero-order valence-electron chi connectivity index (χ0n) is 12.2. The summed E-state index contributed by atoms with van der Waals surface area (Å²) in [7, 11) is 1.38.